The van der Waals surface area contributed by atoms with Crippen LogP contribution >= 0.6 is 0 Å². The number of ether oxygens (including phenoxy) is 2. The minimum Gasteiger partial charge on any atom is -0.396 e. The summed E-state index contributed by atoms with van der Waals surface area (Å²) in [5, 5.41) is 8.26. The van der Waals surface area contributed by atoms with E-state index in [4.69, 9.17) is 14.6 Å². The van der Waals surface area contributed by atoms with Gasteiger partial charge in [-0.3, -0.25) is 0 Å². The quantitative estimate of drug-likeness (QED) is 0.300. The van der Waals surface area contributed by atoms with Gasteiger partial charge in [-0.15, -0.1) is 19.7 Å². The molecule has 1 N–H and O–H groups in total. The Labute approximate surface area is 144 Å². The summed E-state index contributed by atoms with van der Waals surface area (Å²) in [5.41, 5.74) is 0. The summed E-state index contributed by atoms with van der Waals surface area (Å²) < 4.78 is 10.9. The standard InChI is InChI=1S/C14H26O2.C6H12O/c1-3-5-7-9-11-15-13-14-16-12-10-8-6-4-2;1-2-3-4-5-6-7/h3-4H,1-2,5-14H2;2,7H,1,3-6H2. The minimum atomic E-state index is 0.313. The summed E-state index contributed by atoms with van der Waals surface area (Å²) in [6, 6.07) is 0. The van der Waals surface area contributed by atoms with Crippen molar-refractivity contribution in [3.05, 3.63) is 38.0 Å². The summed E-state index contributed by atoms with van der Waals surface area (Å²) in [6.45, 7) is 14.3. The Hall–Kier alpha value is -0.900. The van der Waals surface area contributed by atoms with E-state index in [1.165, 1.54) is 12.8 Å². The topological polar surface area (TPSA) is 38.7 Å². The number of unbranched alkanes of at least 4 members (excludes halogenated alkanes) is 6. The third-order valence-corrected chi connectivity index (χ3v) is 3.08. The second-order valence-corrected chi connectivity index (χ2v) is 5.30. The zero-order valence-electron chi connectivity index (χ0n) is 15.0. The van der Waals surface area contributed by atoms with E-state index in [1.807, 2.05) is 18.2 Å². The zero-order valence-corrected chi connectivity index (χ0v) is 15.0. The molecule has 0 aromatic rings. The van der Waals surface area contributed by atoms with Crippen LogP contribution in [-0.4, -0.2) is 38.1 Å². The second kappa shape index (κ2) is 26.0. The van der Waals surface area contributed by atoms with Crippen molar-refractivity contribution in [2.45, 2.75) is 57.8 Å². The van der Waals surface area contributed by atoms with E-state index >= 15 is 0 Å². The maximum atomic E-state index is 8.26. The van der Waals surface area contributed by atoms with Gasteiger partial charge < -0.3 is 14.6 Å². The fraction of sp³-hybridized carbons (Fsp3) is 0.700. The van der Waals surface area contributed by atoms with Gasteiger partial charge in [0.15, 0.2) is 0 Å². The molecule has 0 aliphatic heterocycles. The molecule has 3 heteroatoms. The lowest BCUT2D eigenvalue weighted by Crippen LogP contribution is -2.06. The first-order valence-electron chi connectivity index (χ1n) is 8.92. The number of aliphatic hydroxyl groups excluding tert-OH is 1. The molecule has 0 aromatic heterocycles. The van der Waals surface area contributed by atoms with Crippen molar-refractivity contribution in [1.82, 2.24) is 0 Å². The molecule has 0 unspecified atom stereocenters. The van der Waals surface area contributed by atoms with Gasteiger partial charge in [-0.05, 0) is 57.8 Å². The first-order chi connectivity index (χ1) is 11.3. The molecule has 0 fully saturated rings. The summed E-state index contributed by atoms with van der Waals surface area (Å²) in [4.78, 5) is 0. The van der Waals surface area contributed by atoms with Gasteiger partial charge in [0.05, 0.1) is 13.2 Å². The minimum absolute atomic E-state index is 0.313. The summed E-state index contributed by atoms with van der Waals surface area (Å²) in [5.74, 6) is 0. The molecule has 0 aliphatic rings. The van der Waals surface area contributed by atoms with Crippen molar-refractivity contribution in [2.24, 2.45) is 0 Å². The van der Waals surface area contributed by atoms with E-state index in [-0.39, 0.29) is 0 Å². The van der Waals surface area contributed by atoms with Crippen LogP contribution in [0.1, 0.15) is 57.8 Å². The maximum absolute atomic E-state index is 8.26. The van der Waals surface area contributed by atoms with Crippen LogP contribution in [0.5, 0.6) is 0 Å². The highest BCUT2D eigenvalue weighted by Crippen LogP contribution is 1.97. The SMILES string of the molecule is C=CCCCCO.C=CCCCCOCCOCCCCC=C. The normalized spacial score (nSPS) is 9.78. The van der Waals surface area contributed by atoms with Gasteiger partial charge >= 0.3 is 0 Å². The monoisotopic (exact) mass is 326 g/mol. The van der Waals surface area contributed by atoms with E-state index in [0.29, 0.717) is 6.61 Å². The highest BCUT2D eigenvalue weighted by Gasteiger charge is 1.91. The molecule has 0 aliphatic carbocycles. The molecular weight excluding hydrogens is 288 g/mol. The van der Waals surface area contributed by atoms with Crippen LogP contribution in [0.15, 0.2) is 38.0 Å². The molecule has 0 bridgehead atoms. The van der Waals surface area contributed by atoms with Gasteiger partial charge in [0.2, 0.25) is 0 Å². The Morgan fingerprint density at radius 1 is 0.565 bits per heavy atom. The van der Waals surface area contributed by atoms with Crippen LogP contribution in [0.2, 0.25) is 0 Å². The van der Waals surface area contributed by atoms with Crippen LogP contribution in [0, 0.1) is 0 Å². The molecule has 0 saturated carbocycles. The summed E-state index contributed by atoms with van der Waals surface area (Å²) in [7, 11) is 0. The Morgan fingerprint density at radius 3 is 1.30 bits per heavy atom. The van der Waals surface area contributed by atoms with Crippen molar-refractivity contribution in [3.8, 4) is 0 Å². The molecule has 0 rings (SSSR count). The van der Waals surface area contributed by atoms with Gasteiger partial charge in [0, 0.05) is 19.8 Å². The Bertz CT molecular complexity index is 221. The van der Waals surface area contributed by atoms with Crippen molar-refractivity contribution in [3.63, 3.8) is 0 Å². The predicted molar refractivity (Wildman–Crippen MR) is 101 cm³/mol. The smallest absolute Gasteiger partial charge is 0.0700 e. The third-order valence-electron chi connectivity index (χ3n) is 3.08. The van der Waals surface area contributed by atoms with Crippen molar-refractivity contribution < 1.29 is 14.6 Å². The van der Waals surface area contributed by atoms with Gasteiger partial charge in [-0.1, -0.05) is 18.2 Å². The van der Waals surface area contributed by atoms with Gasteiger partial charge in [-0.25, -0.2) is 0 Å². The van der Waals surface area contributed by atoms with Crippen LogP contribution in [0.25, 0.3) is 0 Å². The van der Waals surface area contributed by atoms with Crippen LogP contribution in [0.3, 0.4) is 0 Å². The molecule has 0 radical (unpaired) electrons. The number of hydrogen-bond donors (Lipinski definition) is 1. The average Bonchev–Trinajstić information content (AvgIpc) is 2.57. The molecule has 23 heavy (non-hydrogen) atoms. The first-order valence-corrected chi connectivity index (χ1v) is 8.92. The highest BCUT2D eigenvalue weighted by molar-refractivity contribution is 4.66. The highest BCUT2D eigenvalue weighted by atomic mass is 16.5. The van der Waals surface area contributed by atoms with E-state index in [0.717, 1.165) is 71.4 Å². The lowest BCUT2D eigenvalue weighted by molar-refractivity contribution is 0.0453. The predicted octanol–water partition coefficient (Wildman–Crippen LogP) is 5.07. The lowest BCUT2D eigenvalue weighted by atomic mass is 10.2. The van der Waals surface area contributed by atoms with E-state index < -0.39 is 0 Å². The molecule has 0 saturated heterocycles. The maximum Gasteiger partial charge on any atom is 0.0700 e. The summed E-state index contributed by atoms with van der Waals surface area (Å²) in [6.07, 6.45) is 15.5. The number of allylic oxidation sites excluding steroid dienone is 3. The molecule has 0 atom stereocenters. The molecule has 0 aromatic carbocycles. The zero-order chi connectivity index (χ0) is 17.4. The van der Waals surface area contributed by atoms with E-state index in [9.17, 15) is 0 Å². The van der Waals surface area contributed by atoms with Crippen molar-refractivity contribution in [2.75, 3.05) is 33.0 Å². The van der Waals surface area contributed by atoms with Gasteiger partial charge in [0.25, 0.3) is 0 Å². The molecule has 3 nitrogen and oxygen atoms in total. The fourth-order valence-corrected chi connectivity index (χ4v) is 1.71. The van der Waals surface area contributed by atoms with Crippen molar-refractivity contribution >= 4 is 0 Å². The van der Waals surface area contributed by atoms with Crippen LogP contribution < -0.4 is 0 Å². The van der Waals surface area contributed by atoms with E-state index in [1.54, 1.807) is 0 Å². The Morgan fingerprint density at radius 2 is 0.957 bits per heavy atom. The number of rotatable bonds is 17. The molecule has 136 valence electrons. The molecule has 0 heterocycles. The molecule has 0 amide bonds. The van der Waals surface area contributed by atoms with Crippen LogP contribution in [-0.2, 0) is 9.47 Å². The number of aliphatic hydroxyl groups is 1. The molecule has 0 spiro atoms. The largest absolute Gasteiger partial charge is 0.396 e. The average molecular weight is 327 g/mol. The van der Waals surface area contributed by atoms with Gasteiger partial charge in [0.1, 0.15) is 0 Å². The second-order valence-electron chi connectivity index (χ2n) is 5.30. The lowest BCUT2D eigenvalue weighted by Gasteiger charge is -2.05. The van der Waals surface area contributed by atoms with E-state index in [2.05, 4.69) is 19.7 Å². The first kappa shape index (κ1) is 24.4. The summed E-state index contributed by atoms with van der Waals surface area (Å²) >= 11 is 0. The third kappa shape index (κ3) is 29.7. The van der Waals surface area contributed by atoms with Gasteiger partial charge in [-0.2, -0.15) is 0 Å². The van der Waals surface area contributed by atoms with Crippen LogP contribution in [0.4, 0.5) is 0 Å². The number of hydrogen-bond acceptors (Lipinski definition) is 3. The fourth-order valence-electron chi connectivity index (χ4n) is 1.71. The Kier molecular flexibility index (Phi) is 27.6. The van der Waals surface area contributed by atoms with Crippen molar-refractivity contribution in [1.29, 1.82) is 0 Å². The molecular formula is C20H38O3. The Balaban J connectivity index is 0.